The number of benzene rings is 2. The van der Waals surface area contributed by atoms with Gasteiger partial charge in [-0.05, 0) is 29.8 Å². The second kappa shape index (κ2) is 6.73. The molecule has 104 valence electrons. The van der Waals surface area contributed by atoms with Gasteiger partial charge >= 0.3 is 0 Å². The van der Waals surface area contributed by atoms with Crippen LogP contribution in [0.15, 0.2) is 48.5 Å². The molecule has 1 amide bonds. The molecule has 0 saturated carbocycles. The molecule has 0 aliphatic heterocycles. The zero-order valence-corrected chi connectivity index (χ0v) is 11.6. The standard InChI is InChI=1S/C16H17NO3/c1-19-11-12-6-5-7-13(10-12)17-16(18)14-8-3-4-9-15(14)20-2/h3-10H,11H2,1-2H3,(H,17,18). The maximum Gasteiger partial charge on any atom is 0.259 e. The van der Waals surface area contributed by atoms with Crippen molar-refractivity contribution in [3.63, 3.8) is 0 Å². The van der Waals surface area contributed by atoms with Crippen LogP contribution >= 0.6 is 0 Å². The minimum atomic E-state index is -0.197. The van der Waals surface area contributed by atoms with Gasteiger partial charge in [-0.25, -0.2) is 0 Å². The molecular formula is C16H17NO3. The predicted molar refractivity (Wildman–Crippen MR) is 78.1 cm³/mol. The molecule has 0 saturated heterocycles. The smallest absolute Gasteiger partial charge is 0.259 e. The zero-order valence-electron chi connectivity index (χ0n) is 11.6. The molecule has 0 heterocycles. The summed E-state index contributed by atoms with van der Waals surface area (Å²) >= 11 is 0. The van der Waals surface area contributed by atoms with Crippen molar-refractivity contribution in [3.05, 3.63) is 59.7 Å². The topological polar surface area (TPSA) is 47.6 Å². The highest BCUT2D eigenvalue weighted by Crippen LogP contribution is 2.19. The first-order valence-corrected chi connectivity index (χ1v) is 6.27. The second-order valence-corrected chi connectivity index (χ2v) is 4.29. The third kappa shape index (κ3) is 3.36. The number of para-hydroxylation sites is 1. The van der Waals surface area contributed by atoms with Gasteiger partial charge in [-0.1, -0.05) is 24.3 Å². The minimum absolute atomic E-state index is 0.197. The first-order valence-electron chi connectivity index (χ1n) is 6.27. The number of carbonyl (C=O) groups excluding carboxylic acids is 1. The van der Waals surface area contributed by atoms with Crippen LogP contribution in [0.5, 0.6) is 5.75 Å². The van der Waals surface area contributed by atoms with Gasteiger partial charge in [0.1, 0.15) is 5.75 Å². The predicted octanol–water partition coefficient (Wildman–Crippen LogP) is 3.09. The van der Waals surface area contributed by atoms with E-state index in [9.17, 15) is 4.79 Å². The second-order valence-electron chi connectivity index (χ2n) is 4.29. The fourth-order valence-electron chi connectivity index (χ4n) is 1.94. The van der Waals surface area contributed by atoms with Crippen LogP contribution in [0.1, 0.15) is 15.9 Å². The molecule has 4 nitrogen and oxygen atoms in total. The number of carbonyl (C=O) groups is 1. The monoisotopic (exact) mass is 271 g/mol. The molecule has 2 aromatic carbocycles. The highest BCUT2D eigenvalue weighted by atomic mass is 16.5. The average molecular weight is 271 g/mol. The first kappa shape index (κ1) is 14.1. The Kier molecular flexibility index (Phi) is 4.74. The lowest BCUT2D eigenvalue weighted by Gasteiger charge is -2.10. The van der Waals surface area contributed by atoms with Crippen molar-refractivity contribution in [2.24, 2.45) is 0 Å². The van der Waals surface area contributed by atoms with Gasteiger partial charge in [0.05, 0.1) is 19.3 Å². The van der Waals surface area contributed by atoms with Gasteiger partial charge in [-0.2, -0.15) is 0 Å². The van der Waals surface area contributed by atoms with E-state index in [1.165, 1.54) is 0 Å². The van der Waals surface area contributed by atoms with Crippen molar-refractivity contribution in [1.29, 1.82) is 0 Å². The quantitative estimate of drug-likeness (QED) is 0.909. The normalized spacial score (nSPS) is 10.1. The van der Waals surface area contributed by atoms with E-state index in [0.29, 0.717) is 17.9 Å². The Morgan fingerprint density at radius 1 is 1.10 bits per heavy atom. The molecule has 0 fully saturated rings. The largest absolute Gasteiger partial charge is 0.496 e. The van der Waals surface area contributed by atoms with Gasteiger partial charge in [0.25, 0.3) is 5.91 Å². The summed E-state index contributed by atoms with van der Waals surface area (Å²) in [7, 11) is 3.19. The van der Waals surface area contributed by atoms with Crippen molar-refractivity contribution in [2.45, 2.75) is 6.61 Å². The summed E-state index contributed by atoms with van der Waals surface area (Å²) in [6.45, 7) is 0.512. The summed E-state index contributed by atoms with van der Waals surface area (Å²) in [6.07, 6.45) is 0. The Balaban J connectivity index is 2.17. The Morgan fingerprint density at radius 3 is 2.65 bits per heavy atom. The SMILES string of the molecule is COCc1cccc(NC(=O)c2ccccc2OC)c1. The molecule has 0 radical (unpaired) electrons. The molecular weight excluding hydrogens is 254 g/mol. The summed E-state index contributed by atoms with van der Waals surface area (Å²) in [5, 5.41) is 2.86. The Hall–Kier alpha value is -2.33. The summed E-state index contributed by atoms with van der Waals surface area (Å²) < 4.78 is 10.3. The molecule has 0 spiro atoms. The van der Waals surface area contributed by atoms with Crippen molar-refractivity contribution < 1.29 is 14.3 Å². The molecule has 0 atom stereocenters. The molecule has 1 N–H and O–H groups in total. The van der Waals surface area contributed by atoms with Crippen molar-refractivity contribution in [1.82, 2.24) is 0 Å². The fourth-order valence-corrected chi connectivity index (χ4v) is 1.94. The van der Waals surface area contributed by atoms with Gasteiger partial charge in [0, 0.05) is 12.8 Å². The van der Waals surface area contributed by atoms with Crippen LogP contribution < -0.4 is 10.1 Å². The minimum Gasteiger partial charge on any atom is -0.496 e. The van der Waals surface area contributed by atoms with Crippen LogP contribution in [0.2, 0.25) is 0 Å². The van der Waals surface area contributed by atoms with Gasteiger partial charge in [-0.15, -0.1) is 0 Å². The van der Waals surface area contributed by atoms with Gasteiger partial charge < -0.3 is 14.8 Å². The highest BCUT2D eigenvalue weighted by molar-refractivity contribution is 6.06. The van der Waals surface area contributed by atoms with Crippen molar-refractivity contribution in [3.8, 4) is 5.75 Å². The molecule has 0 aliphatic carbocycles. The number of hydrogen-bond acceptors (Lipinski definition) is 3. The van der Waals surface area contributed by atoms with E-state index in [-0.39, 0.29) is 5.91 Å². The van der Waals surface area contributed by atoms with E-state index in [1.807, 2.05) is 30.3 Å². The Bertz CT molecular complexity index is 596. The third-order valence-corrected chi connectivity index (χ3v) is 2.85. The van der Waals surface area contributed by atoms with E-state index < -0.39 is 0 Å². The summed E-state index contributed by atoms with van der Waals surface area (Å²) in [5.41, 5.74) is 2.24. The van der Waals surface area contributed by atoms with Crippen LogP contribution in [-0.4, -0.2) is 20.1 Å². The Morgan fingerprint density at radius 2 is 1.90 bits per heavy atom. The van der Waals surface area contributed by atoms with Crippen LogP contribution in [0.3, 0.4) is 0 Å². The fraction of sp³-hybridized carbons (Fsp3) is 0.188. The molecule has 4 heteroatoms. The number of methoxy groups -OCH3 is 2. The first-order chi connectivity index (χ1) is 9.74. The number of rotatable bonds is 5. The number of ether oxygens (including phenoxy) is 2. The molecule has 2 aromatic rings. The van der Waals surface area contributed by atoms with Crippen LogP contribution in [0.4, 0.5) is 5.69 Å². The molecule has 2 rings (SSSR count). The van der Waals surface area contributed by atoms with E-state index in [2.05, 4.69) is 5.32 Å². The number of nitrogens with one attached hydrogen (secondary N) is 1. The van der Waals surface area contributed by atoms with E-state index in [1.54, 1.807) is 32.4 Å². The van der Waals surface area contributed by atoms with E-state index in [4.69, 9.17) is 9.47 Å². The van der Waals surface area contributed by atoms with Crippen LogP contribution in [-0.2, 0) is 11.3 Å². The number of amides is 1. The maximum absolute atomic E-state index is 12.2. The van der Waals surface area contributed by atoms with Crippen molar-refractivity contribution in [2.75, 3.05) is 19.5 Å². The lowest BCUT2D eigenvalue weighted by molar-refractivity contribution is 0.102. The van der Waals surface area contributed by atoms with Gasteiger partial charge in [0.15, 0.2) is 0 Å². The molecule has 0 unspecified atom stereocenters. The van der Waals surface area contributed by atoms with Gasteiger partial charge in [0.2, 0.25) is 0 Å². The average Bonchev–Trinajstić information content (AvgIpc) is 2.48. The molecule has 0 aromatic heterocycles. The molecule has 20 heavy (non-hydrogen) atoms. The van der Waals surface area contributed by atoms with Crippen LogP contribution in [0, 0.1) is 0 Å². The molecule has 0 bridgehead atoms. The zero-order chi connectivity index (χ0) is 14.4. The molecule has 0 aliphatic rings. The number of anilines is 1. The highest BCUT2D eigenvalue weighted by Gasteiger charge is 2.11. The van der Waals surface area contributed by atoms with Gasteiger partial charge in [-0.3, -0.25) is 4.79 Å². The lowest BCUT2D eigenvalue weighted by atomic mass is 10.1. The van der Waals surface area contributed by atoms with E-state index in [0.717, 1.165) is 11.3 Å². The summed E-state index contributed by atoms with van der Waals surface area (Å²) in [5.74, 6) is 0.357. The summed E-state index contributed by atoms with van der Waals surface area (Å²) in [6, 6.07) is 14.7. The third-order valence-electron chi connectivity index (χ3n) is 2.85. The van der Waals surface area contributed by atoms with E-state index >= 15 is 0 Å². The Labute approximate surface area is 118 Å². The lowest BCUT2D eigenvalue weighted by Crippen LogP contribution is -2.13. The van der Waals surface area contributed by atoms with Crippen molar-refractivity contribution >= 4 is 11.6 Å². The maximum atomic E-state index is 12.2. The summed E-state index contributed by atoms with van der Waals surface area (Å²) in [4.78, 5) is 12.2. The van der Waals surface area contributed by atoms with Crippen LogP contribution in [0.25, 0.3) is 0 Å². The number of hydrogen-bond donors (Lipinski definition) is 1.